The molecule has 4 rings (SSSR count). The molecule has 1 N–H and O–H groups in total. The van der Waals surface area contributed by atoms with E-state index in [1.165, 1.54) is 18.4 Å². The van der Waals surface area contributed by atoms with E-state index in [1.54, 1.807) is 0 Å². The fourth-order valence-corrected chi connectivity index (χ4v) is 5.73. The Morgan fingerprint density at radius 2 is 1.75 bits per heavy atom. The highest BCUT2D eigenvalue weighted by Crippen LogP contribution is 2.55. The van der Waals surface area contributed by atoms with Gasteiger partial charge in [-0.15, -0.1) is 0 Å². The van der Waals surface area contributed by atoms with Crippen LogP contribution in [0.15, 0.2) is 54.6 Å². The first-order valence-corrected chi connectivity index (χ1v) is 12.7. The van der Waals surface area contributed by atoms with Crippen molar-refractivity contribution >= 4 is 16.1 Å². The number of nitrogens with one attached hydrogen (secondary N) is 1. The molecular formula is C25H33N3O3S. The molecule has 6 nitrogen and oxygen atoms in total. The van der Waals surface area contributed by atoms with Gasteiger partial charge in [-0.2, -0.15) is 17.4 Å². The molecule has 172 valence electrons. The lowest BCUT2D eigenvalue weighted by atomic mass is 9.91. The fraction of sp³-hybridized carbons (Fsp3) is 0.480. The van der Waals surface area contributed by atoms with Gasteiger partial charge in [0.05, 0.1) is 12.1 Å². The fourth-order valence-electron chi connectivity index (χ4n) is 4.79. The number of nitrogens with zero attached hydrogens (tertiary/aromatic N) is 2. The molecule has 0 aromatic heterocycles. The van der Waals surface area contributed by atoms with Crippen LogP contribution < -0.4 is 4.72 Å². The van der Waals surface area contributed by atoms with Crippen LogP contribution in [-0.4, -0.2) is 56.3 Å². The highest BCUT2D eigenvalue weighted by atomic mass is 32.2. The van der Waals surface area contributed by atoms with E-state index in [4.69, 9.17) is 0 Å². The van der Waals surface area contributed by atoms with Crippen molar-refractivity contribution in [3.05, 3.63) is 60.2 Å². The average Bonchev–Trinajstić information content (AvgIpc) is 3.49. The molecule has 1 saturated carbocycles. The van der Waals surface area contributed by atoms with Crippen molar-refractivity contribution in [3.63, 3.8) is 0 Å². The molecule has 2 aliphatic rings. The lowest BCUT2D eigenvalue weighted by Crippen LogP contribution is -2.52. The van der Waals surface area contributed by atoms with Gasteiger partial charge in [0, 0.05) is 32.0 Å². The molecule has 2 aromatic rings. The van der Waals surface area contributed by atoms with Crippen LogP contribution in [0.2, 0.25) is 0 Å². The minimum absolute atomic E-state index is 0.0899. The summed E-state index contributed by atoms with van der Waals surface area (Å²) in [4.78, 5) is 15.1. The SMILES string of the molecule is CC(C)C(=O)N1CC2(CC2)[C@H](NS(=O)(=O)N(C)C)[C@@H]1Cc1cccc(-c2ccccc2)c1. The summed E-state index contributed by atoms with van der Waals surface area (Å²) in [7, 11) is -0.545. The molecule has 32 heavy (non-hydrogen) atoms. The molecule has 1 amide bonds. The van der Waals surface area contributed by atoms with Gasteiger partial charge in [-0.3, -0.25) is 4.79 Å². The number of hydrogen-bond donors (Lipinski definition) is 1. The van der Waals surface area contributed by atoms with Gasteiger partial charge in [0.2, 0.25) is 5.91 Å². The Bertz CT molecular complexity index is 1080. The Hall–Kier alpha value is -2.22. The van der Waals surface area contributed by atoms with Crippen LogP contribution in [0, 0.1) is 11.3 Å². The van der Waals surface area contributed by atoms with Crippen molar-refractivity contribution in [3.8, 4) is 11.1 Å². The largest absolute Gasteiger partial charge is 0.337 e. The third kappa shape index (κ3) is 4.47. The monoisotopic (exact) mass is 455 g/mol. The standard InChI is InChI=1S/C25H33N3O3S/c1-18(2)24(29)28-17-25(13-14-25)23(26-32(30,31)27(3)4)22(28)16-19-9-8-12-21(15-19)20-10-6-5-7-11-20/h5-12,15,18,22-23,26H,13-14,16-17H2,1-4H3/t22-,23+/m0/s1. The normalized spacial score (nSPS) is 22.1. The van der Waals surface area contributed by atoms with Crippen molar-refractivity contribution in [2.45, 2.75) is 45.2 Å². The van der Waals surface area contributed by atoms with Crippen molar-refractivity contribution < 1.29 is 13.2 Å². The van der Waals surface area contributed by atoms with Crippen molar-refractivity contribution in [2.24, 2.45) is 11.3 Å². The second kappa shape index (κ2) is 8.61. The van der Waals surface area contributed by atoms with E-state index in [0.29, 0.717) is 13.0 Å². The molecule has 1 heterocycles. The van der Waals surface area contributed by atoms with Gasteiger partial charge in [0.25, 0.3) is 10.2 Å². The highest BCUT2D eigenvalue weighted by molar-refractivity contribution is 7.87. The molecule has 1 saturated heterocycles. The van der Waals surface area contributed by atoms with Crippen LogP contribution >= 0.6 is 0 Å². The van der Waals surface area contributed by atoms with Crippen LogP contribution in [0.1, 0.15) is 32.3 Å². The lowest BCUT2D eigenvalue weighted by molar-refractivity contribution is -0.135. The Kier molecular flexibility index (Phi) is 6.18. The van der Waals surface area contributed by atoms with E-state index in [1.807, 2.05) is 43.0 Å². The number of amides is 1. The molecule has 7 heteroatoms. The number of likely N-dealkylation sites (tertiary alicyclic amines) is 1. The number of hydrogen-bond acceptors (Lipinski definition) is 3. The first-order valence-electron chi connectivity index (χ1n) is 11.3. The van der Waals surface area contributed by atoms with E-state index in [9.17, 15) is 13.2 Å². The van der Waals surface area contributed by atoms with Crippen molar-refractivity contribution in [1.29, 1.82) is 0 Å². The average molecular weight is 456 g/mol. The molecule has 0 radical (unpaired) electrons. The maximum atomic E-state index is 13.1. The van der Waals surface area contributed by atoms with Crippen LogP contribution in [0.25, 0.3) is 11.1 Å². The zero-order chi connectivity index (χ0) is 23.1. The molecule has 1 spiro atoms. The van der Waals surface area contributed by atoms with Crippen LogP contribution in [0.4, 0.5) is 0 Å². The molecular weight excluding hydrogens is 422 g/mol. The number of rotatable bonds is 7. The first kappa shape index (κ1) is 23.0. The van der Waals surface area contributed by atoms with E-state index in [0.717, 1.165) is 29.5 Å². The Labute approximate surface area is 191 Å². The Morgan fingerprint density at radius 3 is 2.34 bits per heavy atom. The minimum Gasteiger partial charge on any atom is -0.337 e. The van der Waals surface area contributed by atoms with E-state index >= 15 is 0 Å². The van der Waals surface area contributed by atoms with E-state index in [2.05, 4.69) is 35.1 Å². The Balaban J connectivity index is 1.68. The first-order chi connectivity index (χ1) is 15.1. The van der Waals surface area contributed by atoms with Gasteiger partial charge in [0.15, 0.2) is 0 Å². The smallest absolute Gasteiger partial charge is 0.279 e. The lowest BCUT2D eigenvalue weighted by Gasteiger charge is -2.31. The summed E-state index contributed by atoms with van der Waals surface area (Å²) in [6.45, 7) is 4.44. The van der Waals surface area contributed by atoms with Gasteiger partial charge in [0.1, 0.15) is 0 Å². The Morgan fingerprint density at radius 1 is 1.09 bits per heavy atom. The molecule has 2 fully saturated rings. The molecule has 2 aromatic carbocycles. The molecule has 2 atom stereocenters. The summed E-state index contributed by atoms with van der Waals surface area (Å²) in [5.74, 6) is -0.0415. The predicted molar refractivity (Wildman–Crippen MR) is 127 cm³/mol. The summed E-state index contributed by atoms with van der Waals surface area (Å²) < 4.78 is 29.7. The van der Waals surface area contributed by atoms with Crippen LogP contribution in [0.3, 0.4) is 0 Å². The number of benzene rings is 2. The zero-order valence-electron chi connectivity index (χ0n) is 19.3. The van der Waals surface area contributed by atoms with Gasteiger partial charge >= 0.3 is 0 Å². The summed E-state index contributed by atoms with van der Waals surface area (Å²) in [6.07, 6.45) is 2.49. The quantitative estimate of drug-likeness (QED) is 0.696. The number of carbonyl (C=O) groups is 1. The van der Waals surface area contributed by atoms with Gasteiger partial charge in [-0.25, -0.2) is 0 Å². The second-order valence-electron chi connectivity index (χ2n) is 9.70. The van der Waals surface area contributed by atoms with Gasteiger partial charge in [-0.1, -0.05) is 68.4 Å². The maximum Gasteiger partial charge on any atom is 0.279 e. The summed E-state index contributed by atoms with van der Waals surface area (Å²) in [5, 5.41) is 0. The molecule has 1 aliphatic heterocycles. The third-order valence-electron chi connectivity index (χ3n) is 6.83. The van der Waals surface area contributed by atoms with Gasteiger partial charge in [-0.05, 0) is 36.0 Å². The van der Waals surface area contributed by atoms with Crippen molar-refractivity contribution in [2.75, 3.05) is 20.6 Å². The van der Waals surface area contributed by atoms with Crippen LogP contribution in [-0.2, 0) is 21.4 Å². The maximum absolute atomic E-state index is 13.1. The zero-order valence-corrected chi connectivity index (χ0v) is 20.1. The topological polar surface area (TPSA) is 69.7 Å². The third-order valence-corrected chi connectivity index (χ3v) is 8.35. The number of carbonyl (C=O) groups excluding carboxylic acids is 1. The van der Waals surface area contributed by atoms with Gasteiger partial charge < -0.3 is 4.90 Å². The van der Waals surface area contributed by atoms with E-state index in [-0.39, 0.29) is 29.3 Å². The second-order valence-corrected chi connectivity index (χ2v) is 11.6. The van der Waals surface area contributed by atoms with Crippen LogP contribution in [0.5, 0.6) is 0 Å². The summed E-state index contributed by atoms with van der Waals surface area (Å²) >= 11 is 0. The summed E-state index contributed by atoms with van der Waals surface area (Å²) in [5.41, 5.74) is 3.20. The summed E-state index contributed by atoms with van der Waals surface area (Å²) in [6, 6.07) is 18.0. The molecule has 1 aliphatic carbocycles. The molecule has 0 bridgehead atoms. The highest BCUT2D eigenvalue weighted by Gasteiger charge is 2.61. The minimum atomic E-state index is -3.61. The predicted octanol–water partition coefficient (Wildman–Crippen LogP) is 3.31. The van der Waals surface area contributed by atoms with Crippen molar-refractivity contribution in [1.82, 2.24) is 13.9 Å². The van der Waals surface area contributed by atoms with E-state index < -0.39 is 10.2 Å². The molecule has 0 unspecified atom stereocenters.